The van der Waals surface area contributed by atoms with Gasteiger partial charge in [-0.3, -0.25) is 9.69 Å². The molecule has 0 bridgehead atoms. The van der Waals surface area contributed by atoms with Crippen LogP contribution < -0.4 is 24.7 Å². The van der Waals surface area contributed by atoms with Crippen molar-refractivity contribution in [2.45, 2.75) is 25.6 Å². The van der Waals surface area contributed by atoms with Crippen LogP contribution in [0.3, 0.4) is 0 Å². The zero-order valence-corrected chi connectivity index (χ0v) is 22.7. The Labute approximate surface area is 234 Å². The number of carboxylic acids is 1. The van der Waals surface area contributed by atoms with Crippen LogP contribution in [-0.4, -0.2) is 42.8 Å². The average Bonchev–Trinajstić information content (AvgIpc) is 2.98. The number of para-hydroxylation sites is 2. The van der Waals surface area contributed by atoms with Crippen molar-refractivity contribution in [2.24, 2.45) is 5.73 Å². The van der Waals surface area contributed by atoms with Crippen LogP contribution in [0.1, 0.15) is 17.5 Å². The summed E-state index contributed by atoms with van der Waals surface area (Å²) in [5.41, 5.74) is 7.78. The number of ether oxygens (including phenoxy) is 4. The standard InChI is InChI=1S/C32H34N2O6/c1-37-25-11-15-27(16-12-25)39-30-9-5-3-7-23(30)21-34(20-19-29(33)32(35)36)22-24-8-4-6-10-31(24)40-28-17-13-26(38-2)14-18-28/h3-18,29H,19-22,33H2,1-2H3,(H,35,36)/t29-/m0/s1. The van der Waals surface area contributed by atoms with Crippen molar-refractivity contribution in [3.63, 3.8) is 0 Å². The zero-order valence-electron chi connectivity index (χ0n) is 22.7. The van der Waals surface area contributed by atoms with Crippen LogP contribution in [0.5, 0.6) is 34.5 Å². The van der Waals surface area contributed by atoms with Crippen LogP contribution in [0.25, 0.3) is 0 Å². The fraction of sp³-hybridized carbons (Fsp3) is 0.219. The molecule has 0 aliphatic rings. The van der Waals surface area contributed by atoms with E-state index in [0.29, 0.717) is 49.1 Å². The summed E-state index contributed by atoms with van der Waals surface area (Å²) >= 11 is 0. The Kier molecular flexibility index (Phi) is 9.99. The lowest BCUT2D eigenvalue weighted by molar-refractivity contribution is -0.138. The van der Waals surface area contributed by atoms with Gasteiger partial charge in [-0.2, -0.15) is 0 Å². The molecule has 0 amide bonds. The van der Waals surface area contributed by atoms with Gasteiger partial charge in [0.2, 0.25) is 0 Å². The lowest BCUT2D eigenvalue weighted by Crippen LogP contribution is -2.35. The first-order valence-corrected chi connectivity index (χ1v) is 13.0. The molecule has 0 aliphatic carbocycles. The van der Waals surface area contributed by atoms with Gasteiger partial charge in [-0.25, -0.2) is 0 Å². The average molecular weight is 543 g/mol. The largest absolute Gasteiger partial charge is 0.497 e. The van der Waals surface area contributed by atoms with Crippen molar-refractivity contribution in [1.29, 1.82) is 0 Å². The lowest BCUT2D eigenvalue weighted by Gasteiger charge is -2.25. The maximum absolute atomic E-state index is 11.4. The highest BCUT2D eigenvalue weighted by Gasteiger charge is 2.18. The number of nitrogens with two attached hydrogens (primary N) is 1. The minimum Gasteiger partial charge on any atom is -0.497 e. The van der Waals surface area contributed by atoms with Crippen molar-refractivity contribution in [3.8, 4) is 34.5 Å². The van der Waals surface area contributed by atoms with E-state index in [0.717, 1.165) is 22.6 Å². The Bertz CT molecular complexity index is 1280. The quantitative estimate of drug-likeness (QED) is 0.197. The molecule has 0 radical (unpaired) electrons. The third kappa shape index (κ3) is 7.99. The Morgan fingerprint density at radius 3 is 1.50 bits per heavy atom. The fourth-order valence-corrected chi connectivity index (χ4v) is 4.15. The highest BCUT2D eigenvalue weighted by atomic mass is 16.5. The molecular formula is C32H34N2O6. The third-order valence-electron chi connectivity index (χ3n) is 6.38. The van der Waals surface area contributed by atoms with Crippen molar-refractivity contribution < 1.29 is 28.8 Å². The van der Waals surface area contributed by atoms with Gasteiger partial charge in [-0.1, -0.05) is 36.4 Å². The second-order valence-corrected chi connectivity index (χ2v) is 9.21. The fourth-order valence-electron chi connectivity index (χ4n) is 4.15. The van der Waals surface area contributed by atoms with Gasteiger partial charge in [0.25, 0.3) is 0 Å². The molecule has 0 saturated carbocycles. The first-order valence-electron chi connectivity index (χ1n) is 13.0. The zero-order chi connectivity index (χ0) is 28.3. The molecule has 0 saturated heterocycles. The summed E-state index contributed by atoms with van der Waals surface area (Å²) < 4.78 is 22.9. The van der Waals surface area contributed by atoms with Gasteiger partial charge in [0.05, 0.1) is 14.2 Å². The van der Waals surface area contributed by atoms with Gasteiger partial charge < -0.3 is 29.8 Å². The van der Waals surface area contributed by atoms with E-state index in [1.165, 1.54) is 0 Å². The molecule has 4 aromatic carbocycles. The topological polar surface area (TPSA) is 103 Å². The van der Waals surface area contributed by atoms with Crippen molar-refractivity contribution in [1.82, 2.24) is 4.90 Å². The van der Waals surface area contributed by atoms with Crippen LogP contribution in [0.4, 0.5) is 0 Å². The number of benzene rings is 4. The Morgan fingerprint density at radius 1 is 0.700 bits per heavy atom. The summed E-state index contributed by atoms with van der Waals surface area (Å²) in [6, 6.07) is 29.4. The summed E-state index contributed by atoms with van der Waals surface area (Å²) in [4.78, 5) is 13.6. The predicted molar refractivity (Wildman–Crippen MR) is 153 cm³/mol. The van der Waals surface area contributed by atoms with Gasteiger partial charge in [0.1, 0.15) is 40.5 Å². The second kappa shape index (κ2) is 14.0. The molecule has 0 unspecified atom stereocenters. The van der Waals surface area contributed by atoms with Gasteiger partial charge in [0, 0.05) is 30.8 Å². The van der Waals surface area contributed by atoms with Crippen LogP contribution >= 0.6 is 0 Å². The number of rotatable bonds is 14. The number of aliphatic carboxylic acids is 1. The Hall–Kier alpha value is -4.53. The molecule has 1 atom stereocenters. The van der Waals surface area contributed by atoms with E-state index in [1.807, 2.05) is 97.1 Å². The highest BCUT2D eigenvalue weighted by Crippen LogP contribution is 2.31. The molecule has 4 aromatic rings. The number of hydrogen-bond donors (Lipinski definition) is 2. The monoisotopic (exact) mass is 542 g/mol. The van der Waals surface area contributed by atoms with Gasteiger partial charge in [-0.05, 0) is 67.1 Å². The predicted octanol–water partition coefficient (Wildman–Crippen LogP) is 6.09. The molecule has 0 heterocycles. The van der Waals surface area contributed by atoms with E-state index in [-0.39, 0.29) is 0 Å². The normalized spacial score (nSPS) is 11.6. The van der Waals surface area contributed by atoms with E-state index in [1.54, 1.807) is 14.2 Å². The van der Waals surface area contributed by atoms with E-state index < -0.39 is 12.0 Å². The van der Waals surface area contributed by atoms with E-state index >= 15 is 0 Å². The van der Waals surface area contributed by atoms with Crippen LogP contribution in [0.15, 0.2) is 97.1 Å². The molecule has 208 valence electrons. The maximum Gasteiger partial charge on any atom is 0.320 e. The Morgan fingerprint density at radius 2 is 1.10 bits per heavy atom. The van der Waals surface area contributed by atoms with Crippen molar-refractivity contribution >= 4 is 5.97 Å². The second-order valence-electron chi connectivity index (χ2n) is 9.21. The molecular weight excluding hydrogens is 508 g/mol. The minimum atomic E-state index is -1.02. The number of carbonyl (C=O) groups is 1. The third-order valence-corrected chi connectivity index (χ3v) is 6.38. The summed E-state index contributed by atoms with van der Waals surface area (Å²) in [6.07, 6.45) is 0.290. The molecule has 8 heteroatoms. The number of hydrogen-bond acceptors (Lipinski definition) is 7. The highest BCUT2D eigenvalue weighted by molar-refractivity contribution is 5.73. The number of methoxy groups -OCH3 is 2. The smallest absolute Gasteiger partial charge is 0.320 e. The molecule has 0 fully saturated rings. The molecule has 4 rings (SSSR count). The summed E-state index contributed by atoms with van der Waals surface area (Å²) in [5.74, 6) is 3.27. The van der Waals surface area contributed by atoms with Gasteiger partial charge in [-0.15, -0.1) is 0 Å². The Balaban J connectivity index is 1.56. The molecule has 3 N–H and O–H groups in total. The molecule has 0 aromatic heterocycles. The summed E-state index contributed by atoms with van der Waals surface area (Å²) in [6.45, 7) is 1.48. The van der Waals surface area contributed by atoms with E-state index in [4.69, 9.17) is 24.7 Å². The molecule has 0 aliphatic heterocycles. The van der Waals surface area contributed by atoms with E-state index in [9.17, 15) is 9.90 Å². The van der Waals surface area contributed by atoms with Crippen LogP contribution in [0.2, 0.25) is 0 Å². The molecule has 40 heavy (non-hydrogen) atoms. The first kappa shape index (κ1) is 28.5. The summed E-state index contributed by atoms with van der Waals surface area (Å²) in [5, 5.41) is 9.36. The minimum absolute atomic E-state index is 0.290. The van der Waals surface area contributed by atoms with Gasteiger partial charge in [0.15, 0.2) is 0 Å². The molecule has 0 spiro atoms. The summed E-state index contributed by atoms with van der Waals surface area (Å²) in [7, 11) is 3.24. The number of carboxylic acid groups (broad SMARTS) is 1. The number of nitrogens with zero attached hydrogens (tertiary/aromatic N) is 1. The van der Waals surface area contributed by atoms with Gasteiger partial charge >= 0.3 is 5.97 Å². The maximum atomic E-state index is 11.4. The molecule has 8 nitrogen and oxygen atoms in total. The van der Waals surface area contributed by atoms with Crippen molar-refractivity contribution in [2.75, 3.05) is 20.8 Å². The first-order chi connectivity index (χ1) is 19.4. The SMILES string of the molecule is COc1ccc(Oc2ccccc2CN(CC[C@H](N)C(=O)O)Cc2ccccc2Oc2ccc(OC)cc2)cc1. The van der Waals surface area contributed by atoms with Crippen LogP contribution in [-0.2, 0) is 17.9 Å². The van der Waals surface area contributed by atoms with E-state index in [2.05, 4.69) is 4.90 Å². The lowest BCUT2D eigenvalue weighted by atomic mass is 10.1. The van der Waals surface area contributed by atoms with Crippen LogP contribution in [0, 0.1) is 0 Å². The van der Waals surface area contributed by atoms with Crippen molar-refractivity contribution in [3.05, 3.63) is 108 Å².